The Bertz CT molecular complexity index is 1570. The Hall–Kier alpha value is -4.90. The third-order valence-electron chi connectivity index (χ3n) is 7.59. The number of nitrogens with zero attached hydrogens (tertiary/aromatic N) is 2. The zero-order chi connectivity index (χ0) is 27.3. The number of rotatable bonds is 6. The van der Waals surface area contributed by atoms with Gasteiger partial charge in [-0.25, -0.2) is 0 Å². The van der Waals surface area contributed by atoms with Crippen LogP contribution in [0, 0.1) is 0 Å². The number of benzene rings is 5. The van der Waals surface area contributed by atoms with Gasteiger partial charge in [0.25, 0.3) is 5.91 Å². The molecule has 40 heavy (non-hydrogen) atoms. The number of hydrogen-bond acceptors (Lipinski definition) is 3. The maximum absolute atomic E-state index is 13.4. The highest BCUT2D eigenvalue weighted by molar-refractivity contribution is 5.99. The molecule has 5 heteroatoms. The van der Waals surface area contributed by atoms with E-state index < -0.39 is 5.92 Å². The van der Waals surface area contributed by atoms with Gasteiger partial charge in [-0.2, -0.15) is 0 Å². The third-order valence-corrected chi connectivity index (χ3v) is 7.59. The summed E-state index contributed by atoms with van der Waals surface area (Å²) in [6, 6.07) is 41.7. The summed E-state index contributed by atoms with van der Waals surface area (Å²) in [5, 5.41) is 5.33. The van der Waals surface area contributed by atoms with E-state index in [4.69, 9.17) is 0 Å². The summed E-state index contributed by atoms with van der Waals surface area (Å²) in [4.78, 5) is 30.8. The maximum Gasteiger partial charge on any atom is 0.253 e. The van der Waals surface area contributed by atoms with E-state index in [1.807, 2.05) is 126 Å². The fraction of sp³-hybridized carbons (Fsp3) is 0.143. The van der Waals surface area contributed by atoms with Crippen LogP contribution in [-0.4, -0.2) is 42.9 Å². The lowest BCUT2D eigenvalue weighted by molar-refractivity contribution is -0.116. The zero-order valence-electron chi connectivity index (χ0n) is 22.2. The van der Waals surface area contributed by atoms with E-state index in [0.717, 1.165) is 51.9 Å². The van der Waals surface area contributed by atoms with Crippen LogP contribution in [0.25, 0.3) is 10.8 Å². The normalized spacial score (nSPS) is 13.4. The summed E-state index contributed by atoms with van der Waals surface area (Å²) in [6.45, 7) is 2.85. The van der Waals surface area contributed by atoms with Gasteiger partial charge >= 0.3 is 0 Å². The Kier molecular flexibility index (Phi) is 7.27. The van der Waals surface area contributed by atoms with Crippen molar-refractivity contribution in [2.24, 2.45) is 0 Å². The van der Waals surface area contributed by atoms with Crippen molar-refractivity contribution in [1.29, 1.82) is 0 Å². The number of nitrogens with one attached hydrogen (secondary N) is 1. The van der Waals surface area contributed by atoms with Crippen molar-refractivity contribution in [2.75, 3.05) is 36.4 Å². The van der Waals surface area contributed by atoms with Crippen molar-refractivity contribution >= 4 is 34.0 Å². The maximum atomic E-state index is 13.4. The molecule has 198 valence electrons. The lowest BCUT2D eigenvalue weighted by Crippen LogP contribution is -2.48. The topological polar surface area (TPSA) is 52.7 Å². The molecule has 0 saturated carbocycles. The molecule has 6 rings (SSSR count). The summed E-state index contributed by atoms with van der Waals surface area (Å²) in [6.07, 6.45) is 0. The van der Waals surface area contributed by atoms with Gasteiger partial charge in [0.2, 0.25) is 5.91 Å². The summed E-state index contributed by atoms with van der Waals surface area (Å²) in [5.74, 6) is -0.379. The SMILES string of the molecule is O=C(Nc1ccc(N2CCN(C(=O)c3ccc4ccccc4c3)CC2)cc1)C(c1ccccc1)c1ccccc1. The summed E-state index contributed by atoms with van der Waals surface area (Å²) in [5.41, 5.74) is 4.49. The molecule has 2 amide bonds. The lowest BCUT2D eigenvalue weighted by Gasteiger charge is -2.36. The van der Waals surface area contributed by atoms with Gasteiger partial charge in [-0.15, -0.1) is 0 Å². The van der Waals surface area contributed by atoms with Crippen LogP contribution in [0.15, 0.2) is 127 Å². The Labute approximate surface area is 234 Å². The molecule has 5 aromatic carbocycles. The van der Waals surface area contributed by atoms with Gasteiger partial charge in [-0.05, 0) is 58.3 Å². The second-order valence-electron chi connectivity index (χ2n) is 10.1. The molecule has 5 aromatic rings. The van der Waals surface area contributed by atoms with Gasteiger partial charge in [-0.1, -0.05) is 91.0 Å². The third kappa shape index (κ3) is 5.45. The predicted octanol–water partition coefficient (Wildman–Crippen LogP) is 6.57. The van der Waals surface area contributed by atoms with Gasteiger partial charge in [0.15, 0.2) is 0 Å². The first-order valence-corrected chi connectivity index (χ1v) is 13.7. The number of carbonyl (C=O) groups excluding carboxylic acids is 2. The van der Waals surface area contributed by atoms with Crippen LogP contribution in [0.3, 0.4) is 0 Å². The van der Waals surface area contributed by atoms with Crippen LogP contribution >= 0.6 is 0 Å². The summed E-state index contributed by atoms with van der Waals surface area (Å²) < 4.78 is 0. The van der Waals surface area contributed by atoms with E-state index in [1.165, 1.54) is 0 Å². The molecule has 1 heterocycles. The van der Waals surface area contributed by atoms with E-state index >= 15 is 0 Å². The second-order valence-corrected chi connectivity index (χ2v) is 10.1. The molecule has 0 unspecified atom stereocenters. The number of anilines is 2. The number of hydrogen-bond donors (Lipinski definition) is 1. The highest BCUT2D eigenvalue weighted by atomic mass is 16.2. The minimum absolute atomic E-state index is 0.0639. The van der Waals surface area contributed by atoms with E-state index in [0.29, 0.717) is 13.1 Å². The Balaban J connectivity index is 1.09. The van der Waals surface area contributed by atoms with Crippen molar-refractivity contribution < 1.29 is 9.59 Å². The van der Waals surface area contributed by atoms with Crippen LogP contribution in [0.1, 0.15) is 27.4 Å². The minimum Gasteiger partial charge on any atom is -0.368 e. The molecule has 1 aliphatic rings. The number of carbonyl (C=O) groups is 2. The fourth-order valence-electron chi connectivity index (χ4n) is 5.43. The quantitative estimate of drug-likeness (QED) is 0.273. The standard InChI is InChI=1S/C35H31N3O2/c39-34(33(27-10-3-1-4-11-27)28-12-5-2-6-13-28)36-31-17-19-32(20-18-31)37-21-23-38(24-22-37)35(40)30-16-15-26-9-7-8-14-29(26)25-30/h1-20,25,33H,21-24H2,(H,36,39). The first-order chi connectivity index (χ1) is 19.7. The van der Waals surface area contributed by atoms with Gasteiger partial charge < -0.3 is 15.1 Å². The molecule has 0 bridgehead atoms. The number of fused-ring (bicyclic) bond motifs is 1. The first kappa shape index (κ1) is 25.4. The molecular weight excluding hydrogens is 494 g/mol. The van der Waals surface area contributed by atoms with Crippen molar-refractivity contribution in [2.45, 2.75) is 5.92 Å². The Morgan fingerprint density at radius 2 is 1.18 bits per heavy atom. The zero-order valence-corrected chi connectivity index (χ0v) is 22.2. The highest BCUT2D eigenvalue weighted by Gasteiger charge is 2.24. The summed E-state index contributed by atoms with van der Waals surface area (Å²) in [7, 11) is 0. The predicted molar refractivity (Wildman–Crippen MR) is 162 cm³/mol. The number of piperazine rings is 1. The molecule has 0 radical (unpaired) electrons. The largest absolute Gasteiger partial charge is 0.368 e. The van der Waals surface area contributed by atoms with Crippen LogP contribution < -0.4 is 10.2 Å². The molecule has 1 saturated heterocycles. The minimum atomic E-state index is -0.393. The Morgan fingerprint density at radius 1 is 0.600 bits per heavy atom. The van der Waals surface area contributed by atoms with Crippen molar-refractivity contribution in [3.05, 3.63) is 144 Å². The van der Waals surface area contributed by atoms with E-state index in [2.05, 4.69) is 16.3 Å². The molecule has 1 fully saturated rings. The van der Waals surface area contributed by atoms with Crippen molar-refractivity contribution in [3.8, 4) is 0 Å². The monoisotopic (exact) mass is 525 g/mol. The smallest absolute Gasteiger partial charge is 0.253 e. The summed E-state index contributed by atoms with van der Waals surface area (Å²) >= 11 is 0. The molecule has 0 atom stereocenters. The van der Waals surface area contributed by atoms with Gasteiger partial charge in [0.05, 0.1) is 5.92 Å². The molecule has 0 aliphatic carbocycles. The lowest BCUT2D eigenvalue weighted by atomic mass is 9.90. The van der Waals surface area contributed by atoms with Gasteiger partial charge in [0.1, 0.15) is 0 Å². The second kappa shape index (κ2) is 11.5. The van der Waals surface area contributed by atoms with Gasteiger partial charge in [0, 0.05) is 43.1 Å². The van der Waals surface area contributed by atoms with Crippen molar-refractivity contribution in [3.63, 3.8) is 0 Å². The molecule has 0 spiro atoms. The molecular formula is C35H31N3O2. The van der Waals surface area contributed by atoms with Crippen LogP contribution in [0.2, 0.25) is 0 Å². The van der Waals surface area contributed by atoms with Crippen LogP contribution in [0.5, 0.6) is 0 Å². The fourth-order valence-corrected chi connectivity index (χ4v) is 5.43. The average molecular weight is 526 g/mol. The molecule has 0 aromatic heterocycles. The van der Waals surface area contributed by atoms with Gasteiger partial charge in [-0.3, -0.25) is 9.59 Å². The van der Waals surface area contributed by atoms with E-state index in [-0.39, 0.29) is 11.8 Å². The average Bonchev–Trinajstić information content (AvgIpc) is 3.02. The molecule has 1 N–H and O–H groups in total. The van der Waals surface area contributed by atoms with Crippen LogP contribution in [0.4, 0.5) is 11.4 Å². The van der Waals surface area contributed by atoms with Crippen LogP contribution in [-0.2, 0) is 4.79 Å². The molecule has 5 nitrogen and oxygen atoms in total. The Morgan fingerprint density at radius 3 is 1.80 bits per heavy atom. The van der Waals surface area contributed by atoms with E-state index in [1.54, 1.807) is 0 Å². The highest BCUT2D eigenvalue weighted by Crippen LogP contribution is 2.27. The van der Waals surface area contributed by atoms with E-state index in [9.17, 15) is 9.59 Å². The molecule has 1 aliphatic heterocycles. The number of amides is 2. The van der Waals surface area contributed by atoms with Crippen molar-refractivity contribution in [1.82, 2.24) is 4.90 Å². The first-order valence-electron chi connectivity index (χ1n) is 13.7.